The summed E-state index contributed by atoms with van der Waals surface area (Å²) < 4.78 is 15.1. The summed E-state index contributed by atoms with van der Waals surface area (Å²) in [6, 6.07) is 9.90. The van der Waals surface area contributed by atoms with Gasteiger partial charge in [0.1, 0.15) is 5.82 Å². The van der Waals surface area contributed by atoms with E-state index in [1.54, 1.807) is 19.9 Å². The highest BCUT2D eigenvalue weighted by molar-refractivity contribution is 9.10. The maximum absolute atomic E-state index is 14.2. The second-order valence-corrected chi connectivity index (χ2v) is 6.26. The zero-order chi connectivity index (χ0) is 17.0. The lowest BCUT2D eigenvalue weighted by Crippen LogP contribution is -2.27. The van der Waals surface area contributed by atoms with Crippen molar-refractivity contribution in [2.24, 2.45) is 0 Å². The molecule has 0 saturated carbocycles. The third-order valence-electron chi connectivity index (χ3n) is 3.09. The number of rotatable bonds is 5. The Balaban J connectivity index is 2.32. The van der Waals surface area contributed by atoms with Crippen LogP contribution in [0.3, 0.4) is 0 Å². The number of anilines is 2. The van der Waals surface area contributed by atoms with E-state index in [1.807, 2.05) is 25.1 Å². The number of hydrogen-bond acceptors (Lipinski definition) is 3. The third kappa shape index (κ3) is 4.53. The Morgan fingerprint density at radius 2 is 2.00 bits per heavy atom. The first kappa shape index (κ1) is 17.4. The predicted molar refractivity (Wildman–Crippen MR) is 92.2 cm³/mol. The van der Waals surface area contributed by atoms with Gasteiger partial charge in [0.25, 0.3) is 5.91 Å². The summed E-state index contributed by atoms with van der Waals surface area (Å²) in [7, 11) is 0. The Morgan fingerprint density at radius 3 is 2.65 bits per heavy atom. The maximum atomic E-state index is 14.2. The van der Waals surface area contributed by atoms with Gasteiger partial charge in [-0.25, -0.2) is 9.87 Å². The monoisotopic (exact) mass is 380 g/mol. The Morgan fingerprint density at radius 1 is 1.26 bits per heavy atom. The van der Waals surface area contributed by atoms with Gasteiger partial charge in [-0.15, -0.1) is 0 Å². The minimum Gasteiger partial charge on any atom is -0.352 e. The molecule has 2 rings (SSSR count). The summed E-state index contributed by atoms with van der Waals surface area (Å²) in [5.74, 6) is -1.01. The smallest absolute Gasteiger partial charge is 0.277 e. The summed E-state index contributed by atoms with van der Waals surface area (Å²) in [4.78, 5) is 17.3. The molecule has 1 amide bonds. The summed E-state index contributed by atoms with van der Waals surface area (Å²) in [5, 5.41) is 2.99. The SMILES string of the molecule is Cc1cc(Br)ccc1Nc1c(F)cccc1C(=O)NOC(C)C. The van der Waals surface area contributed by atoms with Gasteiger partial charge in [0.15, 0.2) is 0 Å². The van der Waals surface area contributed by atoms with Gasteiger partial charge < -0.3 is 5.32 Å². The molecule has 0 fully saturated rings. The van der Waals surface area contributed by atoms with Crippen molar-refractivity contribution in [3.05, 3.63) is 57.8 Å². The van der Waals surface area contributed by atoms with Crippen molar-refractivity contribution >= 4 is 33.2 Å². The first-order valence-electron chi connectivity index (χ1n) is 7.16. The van der Waals surface area contributed by atoms with E-state index in [2.05, 4.69) is 26.7 Å². The van der Waals surface area contributed by atoms with E-state index < -0.39 is 11.7 Å². The van der Waals surface area contributed by atoms with Crippen LogP contribution in [0.25, 0.3) is 0 Å². The molecule has 0 bridgehead atoms. The lowest BCUT2D eigenvalue weighted by atomic mass is 10.1. The van der Waals surface area contributed by atoms with Crippen LogP contribution in [0.1, 0.15) is 29.8 Å². The number of nitrogens with one attached hydrogen (secondary N) is 2. The molecular formula is C17H18BrFN2O2. The average Bonchev–Trinajstić information content (AvgIpc) is 2.49. The van der Waals surface area contributed by atoms with Crippen molar-refractivity contribution in [3.63, 3.8) is 0 Å². The number of halogens is 2. The van der Waals surface area contributed by atoms with Crippen LogP contribution in [0.4, 0.5) is 15.8 Å². The summed E-state index contributed by atoms with van der Waals surface area (Å²) >= 11 is 3.39. The number of hydrogen-bond donors (Lipinski definition) is 2. The minimum atomic E-state index is -0.510. The van der Waals surface area contributed by atoms with E-state index in [1.165, 1.54) is 12.1 Å². The molecule has 2 aromatic rings. The number of para-hydroxylation sites is 1. The number of benzene rings is 2. The van der Waals surface area contributed by atoms with Crippen molar-refractivity contribution in [1.29, 1.82) is 0 Å². The van der Waals surface area contributed by atoms with Gasteiger partial charge in [-0.2, -0.15) is 0 Å². The Kier molecular flexibility index (Phi) is 5.74. The van der Waals surface area contributed by atoms with E-state index >= 15 is 0 Å². The number of amides is 1. The molecule has 0 aliphatic heterocycles. The first-order chi connectivity index (χ1) is 10.9. The quantitative estimate of drug-likeness (QED) is 0.738. The number of hydroxylamine groups is 1. The minimum absolute atomic E-state index is 0.114. The molecule has 0 spiro atoms. The van der Waals surface area contributed by atoms with Gasteiger partial charge in [0.2, 0.25) is 0 Å². The van der Waals surface area contributed by atoms with Crippen LogP contribution < -0.4 is 10.8 Å². The molecule has 6 heteroatoms. The van der Waals surface area contributed by atoms with E-state index in [-0.39, 0.29) is 17.4 Å². The molecule has 0 radical (unpaired) electrons. The number of carbonyl (C=O) groups is 1. The first-order valence-corrected chi connectivity index (χ1v) is 7.95. The molecule has 0 heterocycles. The lowest BCUT2D eigenvalue weighted by molar-refractivity contribution is 0.000228. The molecular weight excluding hydrogens is 363 g/mol. The number of aryl methyl sites for hydroxylation is 1. The zero-order valence-corrected chi connectivity index (χ0v) is 14.7. The van der Waals surface area contributed by atoms with Gasteiger partial charge in [0.05, 0.1) is 17.4 Å². The topological polar surface area (TPSA) is 50.4 Å². The largest absolute Gasteiger partial charge is 0.352 e. The van der Waals surface area contributed by atoms with Gasteiger partial charge in [-0.3, -0.25) is 9.63 Å². The Labute approximate surface area is 143 Å². The van der Waals surface area contributed by atoms with E-state index in [0.717, 1.165) is 15.7 Å². The number of carbonyl (C=O) groups excluding carboxylic acids is 1. The maximum Gasteiger partial charge on any atom is 0.277 e. The highest BCUT2D eigenvalue weighted by atomic mass is 79.9. The molecule has 122 valence electrons. The summed E-state index contributed by atoms with van der Waals surface area (Å²) in [5.41, 5.74) is 4.25. The van der Waals surface area contributed by atoms with Crippen molar-refractivity contribution in [2.45, 2.75) is 26.9 Å². The zero-order valence-electron chi connectivity index (χ0n) is 13.1. The van der Waals surface area contributed by atoms with Crippen LogP contribution in [0.15, 0.2) is 40.9 Å². The van der Waals surface area contributed by atoms with Crippen LogP contribution in [0.2, 0.25) is 0 Å². The molecule has 2 N–H and O–H groups in total. The second kappa shape index (κ2) is 7.57. The Bertz CT molecular complexity index is 720. The van der Waals surface area contributed by atoms with Crippen molar-refractivity contribution in [3.8, 4) is 0 Å². The highest BCUT2D eigenvalue weighted by Crippen LogP contribution is 2.28. The Hall–Kier alpha value is -1.92. The molecule has 2 aromatic carbocycles. The van der Waals surface area contributed by atoms with Crippen LogP contribution in [-0.2, 0) is 4.84 Å². The van der Waals surface area contributed by atoms with Gasteiger partial charge in [-0.1, -0.05) is 22.0 Å². The molecule has 0 aromatic heterocycles. The van der Waals surface area contributed by atoms with E-state index in [9.17, 15) is 9.18 Å². The van der Waals surface area contributed by atoms with Gasteiger partial charge in [-0.05, 0) is 56.7 Å². The fourth-order valence-corrected chi connectivity index (χ4v) is 2.44. The molecule has 4 nitrogen and oxygen atoms in total. The van der Waals surface area contributed by atoms with Crippen LogP contribution in [0, 0.1) is 12.7 Å². The molecule has 0 saturated heterocycles. The van der Waals surface area contributed by atoms with Gasteiger partial charge in [0, 0.05) is 10.2 Å². The molecule has 23 heavy (non-hydrogen) atoms. The van der Waals surface area contributed by atoms with Crippen LogP contribution >= 0.6 is 15.9 Å². The summed E-state index contributed by atoms with van der Waals surface area (Å²) in [6.07, 6.45) is -0.169. The highest BCUT2D eigenvalue weighted by Gasteiger charge is 2.16. The third-order valence-corrected chi connectivity index (χ3v) is 3.59. The van der Waals surface area contributed by atoms with Crippen LogP contribution in [-0.4, -0.2) is 12.0 Å². The van der Waals surface area contributed by atoms with Gasteiger partial charge >= 0.3 is 0 Å². The van der Waals surface area contributed by atoms with E-state index in [4.69, 9.17) is 4.84 Å². The second-order valence-electron chi connectivity index (χ2n) is 5.34. The van der Waals surface area contributed by atoms with Crippen LogP contribution in [0.5, 0.6) is 0 Å². The predicted octanol–water partition coefficient (Wildman–Crippen LogP) is 4.71. The molecule has 0 atom stereocenters. The standard InChI is InChI=1S/C17H18BrFN2O2/c1-10(2)23-21-17(22)13-5-4-6-14(19)16(13)20-15-8-7-12(18)9-11(15)3/h4-10,20H,1-3H3,(H,21,22). The van der Waals surface area contributed by atoms with E-state index in [0.29, 0.717) is 0 Å². The fourth-order valence-electron chi connectivity index (χ4n) is 1.97. The average molecular weight is 381 g/mol. The van der Waals surface area contributed by atoms with Crippen molar-refractivity contribution < 1.29 is 14.0 Å². The molecule has 0 aliphatic rings. The molecule has 0 aliphatic carbocycles. The fraction of sp³-hybridized carbons (Fsp3) is 0.235. The summed E-state index contributed by atoms with van der Waals surface area (Å²) in [6.45, 7) is 5.47. The molecule has 0 unspecified atom stereocenters. The normalized spacial score (nSPS) is 10.7. The lowest BCUT2D eigenvalue weighted by Gasteiger charge is -2.15. The van der Waals surface area contributed by atoms with Crippen molar-refractivity contribution in [1.82, 2.24) is 5.48 Å². The van der Waals surface area contributed by atoms with Crippen molar-refractivity contribution in [2.75, 3.05) is 5.32 Å².